The highest BCUT2D eigenvalue weighted by Crippen LogP contribution is 2.40. The number of nitriles is 1. The van der Waals surface area contributed by atoms with Gasteiger partial charge in [-0.2, -0.15) is 5.26 Å². The molecule has 10 heteroatoms. The lowest BCUT2D eigenvalue weighted by atomic mass is 10.1. The Hall–Kier alpha value is -3.32. The van der Waals surface area contributed by atoms with Crippen molar-refractivity contribution in [3.05, 3.63) is 38.3 Å². The van der Waals surface area contributed by atoms with E-state index in [0.29, 0.717) is 35.3 Å². The Labute approximate surface area is 164 Å². The van der Waals surface area contributed by atoms with E-state index in [0.717, 1.165) is 29.7 Å². The van der Waals surface area contributed by atoms with Gasteiger partial charge in [-0.25, -0.2) is 0 Å². The van der Waals surface area contributed by atoms with Crippen LogP contribution in [0.2, 0.25) is 0 Å². The molecule has 1 aliphatic heterocycles. The van der Waals surface area contributed by atoms with Crippen LogP contribution in [0.5, 0.6) is 11.5 Å². The predicted molar refractivity (Wildman–Crippen MR) is 102 cm³/mol. The number of ether oxygens (including phenoxy) is 2. The average molecular weight is 400 g/mol. The molecular formula is C18H16N4O5S. The second-order valence-electron chi connectivity index (χ2n) is 6.35. The summed E-state index contributed by atoms with van der Waals surface area (Å²) in [5.74, 6) is 0.307. The van der Waals surface area contributed by atoms with Crippen LogP contribution < -0.4 is 20.1 Å². The Morgan fingerprint density at radius 3 is 2.75 bits per heavy atom. The van der Waals surface area contributed by atoms with Gasteiger partial charge in [0.05, 0.1) is 23.1 Å². The molecule has 2 heterocycles. The number of amides is 1. The van der Waals surface area contributed by atoms with Crippen LogP contribution in [-0.2, 0) is 17.6 Å². The molecular weight excluding hydrogens is 384 g/mol. The van der Waals surface area contributed by atoms with Gasteiger partial charge in [0.2, 0.25) is 5.91 Å². The minimum atomic E-state index is -0.546. The van der Waals surface area contributed by atoms with Gasteiger partial charge in [-0.3, -0.25) is 14.9 Å². The van der Waals surface area contributed by atoms with Gasteiger partial charge in [0.1, 0.15) is 30.0 Å². The Kier molecular flexibility index (Phi) is 4.75. The van der Waals surface area contributed by atoms with Crippen LogP contribution in [0.25, 0.3) is 0 Å². The maximum atomic E-state index is 12.3. The minimum Gasteiger partial charge on any atom is -0.486 e. The highest BCUT2D eigenvalue weighted by molar-refractivity contribution is 7.16. The molecule has 0 saturated heterocycles. The maximum absolute atomic E-state index is 12.3. The third-order valence-corrected chi connectivity index (χ3v) is 5.79. The fourth-order valence-corrected chi connectivity index (χ4v) is 4.58. The molecule has 1 amide bonds. The monoisotopic (exact) mass is 400 g/mol. The van der Waals surface area contributed by atoms with E-state index in [2.05, 4.69) is 16.7 Å². The zero-order valence-electron chi connectivity index (χ0n) is 14.7. The predicted octanol–water partition coefficient (Wildman–Crippen LogP) is 2.84. The summed E-state index contributed by atoms with van der Waals surface area (Å²) in [7, 11) is 0. The first-order valence-electron chi connectivity index (χ1n) is 8.73. The van der Waals surface area contributed by atoms with Crippen molar-refractivity contribution in [2.75, 3.05) is 30.4 Å². The molecule has 2 aliphatic rings. The van der Waals surface area contributed by atoms with Gasteiger partial charge >= 0.3 is 0 Å². The number of anilines is 2. The molecule has 1 aromatic carbocycles. The third kappa shape index (κ3) is 3.32. The van der Waals surface area contributed by atoms with E-state index < -0.39 is 4.92 Å². The normalized spacial score (nSPS) is 14.1. The summed E-state index contributed by atoms with van der Waals surface area (Å²) in [6.07, 6.45) is 2.80. The molecule has 2 aromatic rings. The zero-order valence-corrected chi connectivity index (χ0v) is 15.6. The Morgan fingerprint density at radius 1 is 1.29 bits per heavy atom. The van der Waals surface area contributed by atoms with E-state index in [9.17, 15) is 20.2 Å². The molecule has 0 spiro atoms. The van der Waals surface area contributed by atoms with Crippen LogP contribution in [-0.4, -0.2) is 30.6 Å². The zero-order chi connectivity index (χ0) is 19.7. The van der Waals surface area contributed by atoms with E-state index in [4.69, 9.17) is 9.47 Å². The number of nitrogens with one attached hydrogen (secondary N) is 2. The summed E-state index contributed by atoms with van der Waals surface area (Å²) in [4.78, 5) is 24.3. The topological polar surface area (TPSA) is 127 Å². The molecule has 0 bridgehead atoms. The first-order valence-corrected chi connectivity index (χ1v) is 9.55. The number of carbonyl (C=O) groups is 1. The Bertz CT molecular complexity index is 1010. The van der Waals surface area contributed by atoms with E-state index in [1.807, 2.05) is 0 Å². The van der Waals surface area contributed by atoms with Crippen LogP contribution in [0.1, 0.15) is 22.4 Å². The summed E-state index contributed by atoms with van der Waals surface area (Å²) in [6.45, 7) is 0.490. The molecule has 0 fully saturated rings. The van der Waals surface area contributed by atoms with Crippen LogP contribution in [0.3, 0.4) is 0 Å². The van der Waals surface area contributed by atoms with Crippen LogP contribution in [0, 0.1) is 21.4 Å². The summed E-state index contributed by atoms with van der Waals surface area (Å²) in [5, 5.41) is 26.8. The largest absolute Gasteiger partial charge is 0.486 e. The van der Waals surface area contributed by atoms with Crippen molar-refractivity contribution in [1.29, 1.82) is 5.26 Å². The number of hydrogen-bond donors (Lipinski definition) is 2. The molecule has 144 valence electrons. The number of nitrogens with zero attached hydrogens (tertiary/aromatic N) is 2. The second-order valence-corrected chi connectivity index (χ2v) is 7.45. The number of benzene rings is 1. The van der Waals surface area contributed by atoms with E-state index in [-0.39, 0.29) is 23.8 Å². The third-order valence-electron chi connectivity index (χ3n) is 4.58. The Morgan fingerprint density at radius 2 is 2.04 bits per heavy atom. The number of thiophene rings is 1. The number of fused-ring (bicyclic) bond motifs is 2. The summed E-state index contributed by atoms with van der Waals surface area (Å²) in [6, 6.07) is 4.91. The van der Waals surface area contributed by atoms with Crippen molar-refractivity contribution in [3.63, 3.8) is 0 Å². The number of rotatable bonds is 5. The van der Waals surface area contributed by atoms with Crippen molar-refractivity contribution in [3.8, 4) is 17.6 Å². The van der Waals surface area contributed by atoms with Crippen LogP contribution in [0.4, 0.5) is 16.4 Å². The van der Waals surface area contributed by atoms with Gasteiger partial charge < -0.3 is 20.1 Å². The van der Waals surface area contributed by atoms with Gasteiger partial charge in [-0.15, -0.1) is 11.3 Å². The number of carbonyl (C=O) groups excluding carboxylic acids is 1. The maximum Gasteiger partial charge on any atom is 0.296 e. The summed E-state index contributed by atoms with van der Waals surface area (Å²) >= 11 is 1.42. The van der Waals surface area contributed by atoms with Crippen molar-refractivity contribution in [1.82, 2.24) is 0 Å². The van der Waals surface area contributed by atoms with Crippen molar-refractivity contribution < 1.29 is 19.2 Å². The van der Waals surface area contributed by atoms with Gasteiger partial charge in [0, 0.05) is 10.9 Å². The molecule has 1 aromatic heterocycles. The molecule has 2 N–H and O–H groups in total. The van der Waals surface area contributed by atoms with E-state index in [1.54, 1.807) is 0 Å². The SMILES string of the molecule is N#Cc1c(NC(=O)CNc2cc3c(cc2[N+](=O)[O-])OCCO3)sc2c1CCC2. The Balaban J connectivity index is 1.48. The number of nitro groups is 1. The van der Waals surface area contributed by atoms with Gasteiger partial charge in [0.25, 0.3) is 5.69 Å². The quantitative estimate of drug-likeness (QED) is 0.584. The number of nitro benzene ring substituents is 1. The van der Waals surface area contributed by atoms with E-state index >= 15 is 0 Å². The molecule has 9 nitrogen and oxygen atoms in total. The molecule has 4 rings (SSSR count). The lowest BCUT2D eigenvalue weighted by Crippen LogP contribution is -2.22. The van der Waals surface area contributed by atoms with Crippen molar-refractivity contribution >= 4 is 33.6 Å². The second kappa shape index (κ2) is 7.36. The van der Waals surface area contributed by atoms with Gasteiger partial charge in [-0.1, -0.05) is 0 Å². The lowest BCUT2D eigenvalue weighted by molar-refractivity contribution is -0.384. The van der Waals surface area contributed by atoms with Gasteiger partial charge in [-0.05, 0) is 24.8 Å². The summed E-state index contributed by atoms with van der Waals surface area (Å²) < 4.78 is 10.8. The smallest absolute Gasteiger partial charge is 0.296 e. The van der Waals surface area contributed by atoms with Crippen LogP contribution in [0.15, 0.2) is 12.1 Å². The summed E-state index contributed by atoms with van der Waals surface area (Å²) in [5.41, 5.74) is 1.51. The molecule has 0 saturated carbocycles. The van der Waals surface area contributed by atoms with Crippen LogP contribution >= 0.6 is 11.3 Å². The molecule has 1 aliphatic carbocycles. The molecule has 0 atom stereocenters. The first kappa shape index (κ1) is 18.1. The highest BCUT2D eigenvalue weighted by Gasteiger charge is 2.25. The lowest BCUT2D eigenvalue weighted by Gasteiger charge is -2.19. The average Bonchev–Trinajstić information content (AvgIpc) is 3.26. The van der Waals surface area contributed by atoms with Gasteiger partial charge in [0.15, 0.2) is 11.5 Å². The first-order chi connectivity index (χ1) is 13.6. The standard InChI is InChI=1S/C18H16N4O5S/c19-8-11-10-2-1-3-16(10)28-18(11)21-17(23)9-20-12-6-14-15(27-5-4-26-14)7-13(12)22(24)25/h6-7,20H,1-5,9H2,(H,21,23). The fraction of sp³-hybridized carbons (Fsp3) is 0.333. The van der Waals surface area contributed by atoms with E-state index in [1.165, 1.54) is 23.5 Å². The molecule has 0 radical (unpaired) electrons. The fourth-order valence-electron chi connectivity index (χ4n) is 3.33. The molecule has 28 heavy (non-hydrogen) atoms. The van der Waals surface area contributed by atoms with Crippen molar-refractivity contribution in [2.24, 2.45) is 0 Å². The number of hydrogen-bond acceptors (Lipinski definition) is 8. The minimum absolute atomic E-state index is 0.165. The van der Waals surface area contributed by atoms with Crippen molar-refractivity contribution in [2.45, 2.75) is 19.3 Å². The number of aryl methyl sites for hydroxylation is 1. The molecule has 0 unspecified atom stereocenters. The highest BCUT2D eigenvalue weighted by atomic mass is 32.1.